The first-order chi connectivity index (χ1) is 19.3. The molecule has 3 aliphatic rings. The summed E-state index contributed by atoms with van der Waals surface area (Å²) in [5.74, 6) is -0.954. The summed E-state index contributed by atoms with van der Waals surface area (Å²) in [6.45, 7) is 14.2. The van der Waals surface area contributed by atoms with Crippen LogP contribution in [0.3, 0.4) is 0 Å². The Labute approximate surface area is 234 Å². The van der Waals surface area contributed by atoms with Gasteiger partial charge < -0.3 is 24.4 Å². The first-order valence-electron chi connectivity index (χ1n) is 14.4. The highest BCUT2D eigenvalue weighted by molar-refractivity contribution is 5.93. The minimum absolute atomic E-state index is 0.0703. The van der Waals surface area contributed by atoms with Crippen LogP contribution in [-0.4, -0.2) is 56.9 Å². The lowest BCUT2D eigenvalue weighted by Gasteiger charge is -2.32. The van der Waals surface area contributed by atoms with Crippen molar-refractivity contribution in [1.29, 1.82) is 0 Å². The highest BCUT2D eigenvalue weighted by atomic mass is 19.1. The zero-order valence-corrected chi connectivity index (χ0v) is 24.3. The number of carbonyl (C=O) groups excluding carboxylic acids is 1. The van der Waals surface area contributed by atoms with Crippen LogP contribution in [0.25, 0.3) is 22.3 Å². The molecular formula is C31H40FN3O5. The van der Waals surface area contributed by atoms with E-state index in [4.69, 9.17) is 9.72 Å². The number of nitrogens with zero attached hydrogens (tertiary/aromatic N) is 3. The molecule has 0 saturated carbocycles. The molecule has 0 saturated heterocycles. The summed E-state index contributed by atoms with van der Waals surface area (Å²) < 4.78 is 21.6. The minimum atomic E-state index is -1.52. The largest absolute Gasteiger partial charge is 0.458 e. The van der Waals surface area contributed by atoms with E-state index >= 15 is 0 Å². The monoisotopic (exact) mass is 553 g/mol. The molecule has 0 fully saturated rings. The maximum Gasteiger partial charge on any atom is 0.340 e. The summed E-state index contributed by atoms with van der Waals surface area (Å²) in [6.07, 6.45) is 0.0428. The molecular weight excluding hydrogens is 513 g/mol. The molecule has 0 spiro atoms. The van der Waals surface area contributed by atoms with Crippen LogP contribution in [0, 0.1) is 12.7 Å². The number of cyclic esters (lactones) is 1. The molecule has 3 aromatic rings. The Bertz CT molecular complexity index is 1500. The van der Waals surface area contributed by atoms with Gasteiger partial charge in [0.1, 0.15) is 12.4 Å². The summed E-state index contributed by atoms with van der Waals surface area (Å²) in [5.41, 5.74) is 5.50. The molecule has 2 atom stereocenters. The molecule has 2 aliphatic heterocycles. The van der Waals surface area contributed by atoms with Gasteiger partial charge in [0.05, 0.1) is 35.6 Å². The van der Waals surface area contributed by atoms with Crippen LogP contribution in [0.1, 0.15) is 86.4 Å². The van der Waals surface area contributed by atoms with Crippen molar-refractivity contribution in [3.8, 4) is 11.4 Å². The maximum atomic E-state index is 14.9. The number of hydrogen-bond donors (Lipinski definition) is 2. The zero-order chi connectivity index (χ0) is 29.3. The lowest BCUT2D eigenvalue weighted by Crippen LogP contribution is -2.33. The summed E-state index contributed by atoms with van der Waals surface area (Å²) in [5, 5.41) is 20.9. The van der Waals surface area contributed by atoms with Gasteiger partial charge in [0.15, 0.2) is 6.10 Å². The molecule has 0 radical (unpaired) electrons. The topological polar surface area (TPSA) is 105 Å². The average molecular weight is 554 g/mol. The Morgan fingerprint density at radius 3 is 2.55 bits per heavy atom. The molecule has 2 aromatic heterocycles. The van der Waals surface area contributed by atoms with Gasteiger partial charge in [-0.25, -0.2) is 14.2 Å². The highest BCUT2D eigenvalue weighted by Crippen LogP contribution is 2.46. The van der Waals surface area contributed by atoms with Gasteiger partial charge in [-0.1, -0.05) is 34.6 Å². The molecule has 216 valence electrons. The van der Waals surface area contributed by atoms with Gasteiger partial charge in [-0.2, -0.15) is 0 Å². The minimum Gasteiger partial charge on any atom is -0.458 e. The molecule has 1 unspecified atom stereocenters. The van der Waals surface area contributed by atoms with Crippen LogP contribution in [0.15, 0.2) is 16.9 Å². The SMILES string of the molecule is CC.CC.CCN(CCO)C[C@@H]1CCc2c(C)c(F)cc3nc4c(c1c23)Cn1c-4cc2c(c1=O)COC(=O)C2O. The predicted octanol–water partition coefficient (Wildman–Crippen LogP) is 4.36. The van der Waals surface area contributed by atoms with Crippen LogP contribution >= 0.6 is 0 Å². The van der Waals surface area contributed by atoms with E-state index in [2.05, 4.69) is 11.8 Å². The maximum absolute atomic E-state index is 14.9. The van der Waals surface area contributed by atoms with E-state index in [-0.39, 0.29) is 41.6 Å². The average Bonchev–Trinajstić information content (AvgIpc) is 3.35. The Morgan fingerprint density at radius 1 is 1.15 bits per heavy atom. The van der Waals surface area contributed by atoms with Crippen LogP contribution < -0.4 is 5.56 Å². The summed E-state index contributed by atoms with van der Waals surface area (Å²) in [6, 6.07) is 3.13. The van der Waals surface area contributed by atoms with Crippen molar-refractivity contribution in [3.05, 3.63) is 61.7 Å². The number of aryl methyl sites for hydroxylation is 1. The molecule has 8 nitrogen and oxygen atoms in total. The molecule has 0 amide bonds. The number of ether oxygens (including phenoxy) is 1. The number of carbonyl (C=O) groups is 1. The second-order valence-corrected chi connectivity index (χ2v) is 9.93. The quantitative estimate of drug-likeness (QED) is 0.354. The molecule has 4 heterocycles. The molecule has 0 bridgehead atoms. The van der Waals surface area contributed by atoms with Gasteiger partial charge in [0.25, 0.3) is 5.56 Å². The lowest BCUT2D eigenvalue weighted by atomic mass is 9.78. The summed E-state index contributed by atoms with van der Waals surface area (Å²) in [4.78, 5) is 32.5. The normalized spacial score (nSPS) is 18.2. The van der Waals surface area contributed by atoms with Gasteiger partial charge in [-0.15, -0.1) is 0 Å². The molecule has 9 heteroatoms. The molecule has 1 aromatic carbocycles. The molecule has 1 aliphatic carbocycles. The van der Waals surface area contributed by atoms with E-state index in [1.165, 1.54) is 6.07 Å². The van der Waals surface area contributed by atoms with Gasteiger partial charge in [0.2, 0.25) is 0 Å². The van der Waals surface area contributed by atoms with Crippen LogP contribution in [0.2, 0.25) is 0 Å². The first-order valence-corrected chi connectivity index (χ1v) is 14.4. The van der Waals surface area contributed by atoms with Crippen LogP contribution in [-0.2, 0) is 29.1 Å². The van der Waals surface area contributed by atoms with E-state index < -0.39 is 12.1 Å². The third kappa shape index (κ3) is 4.74. The number of hydrogen-bond acceptors (Lipinski definition) is 7. The fourth-order valence-electron chi connectivity index (χ4n) is 6.21. The highest BCUT2D eigenvalue weighted by Gasteiger charge is 2.37. The fourth-order valence-corrected chi connectivity index (χ4v) is 6.21. The van der Waals surface area contributed by atoms with Gasteiger partial charge in [-0.3, -0.25) is 4.79 Å². The third-order valence-corrected chi connectivity index (χ3v) is 8.11. The molecule has 2 N–H and O–H groups in total. The number of pyridine rings is 2. The molecule has 6 rings (SSSR count). The number of aliphatic hydroxyl groups excluding tert-OH is 2. The van der Waals surface area contributed by atoms with Crippen molar-refractivity contribution < 1.29 is 24.1 Å². The Kier molecular flexibility index (Phi) is 9.07. The van der Waals surface area contributed by atoms with Gasteiger partial charge in [0, 0.05) is 35.7 Å². The number of esters is 1. The number of rotatable bonds is 5. The molecule has 40 heavy (non-hydrogen) atoms. The number of likely N-dealkylation sites (N-methyl/N-ethyl adjacent to an activating group) is 1. The Hall–Kier alpha value is -3.14. The Morgan fingerprint density at radius 2 is 1.88 bits per heavy atom. The summed E-state index contributed by atoms with van der Waals surface area (Å²) >= 11 is 0. The first kappa shape index (κ1) is 29.8. The Balaban J connectivity index is 0.000000886. The van der Waals surface area contributed by atoms with Crippen molar-refractivity contribution >= 4 is 16.9 Å². The zero-order valence-electron chi connectivity index (χ0n) is 24.3. The fraction of sp³-hybridized carbons (Fsp3) is 0.516. The van der Waals surface area contributed by atoms with Crippen molar-refractivity contribution in [2.75, 3.05) is 26.2 Å². The standard InChI is InChI=1S/C27H28FN3O5.2C2H6/c1-3-30(6-7-32)10-14-4-5-15-13(2)19(28)9-20-23(15)22(14)17-11-31-21(24(17)29-20)8-16-18(26(31)34)12-36-27(35)25(16)33;2*1-2/h8-9,14,25,32-33H,3-7,10-12H2,1-2H3;2*1-2H3/t14-,25?;;/m0../s1. The van der Waals surface area contributed by atoms with Crippen molar-refractivity contribution in [2.24, 2.45) is 0 Å². The number of benzene rings is 1. The van der Waals surface area contributed by atoms with Gasteiger partial charge in [-0.05, 0) is 55.0 Å². The van der Waals surface area contributed by atoms with E-state index in [1.54, 1.807) is 17.6 Å². The van der Waals surface area contributed by atoms with Crippen molar-refractivity contribution in [3.63, 3.8) is 0 Å². The number of aromatic nitrogens is 2. The van der Waals surface area contributed by atoms with Crippen LogP contribution in [0.5, 0.6) is 0 Å². The number of aliphatic hydroxyl groups is 2. The van der Waals surface area contributed by atoms with Gasteiger partial charge >= 0.3 is 5.97 Å². The second kappa shape index (κ2) is 12.2. The number of halogens is 1. The smallest absolute Gasteiger partial charge is 0.340 e. The van der Waals surface area contributed by atoms with Crippen LogP contribution in [0.4, 0.5) is 4.39 Å². The number of fused-ring (bicyclic) bond motifs is 5. The summed E-state index contributed by atoms with van der Waals surface area (Å²) in [7, 11) is 0. The van der Waals surface area contributed by atoms with E-state index in [1.807, 2.05) is 27.7 Å². The van der Waals surface area contributed by atoms with Crippen molar-refractivity contribution in [2.45, 2.75) is 79.6 Å². The predicted molar refractivity (Wildman–Crippen MR) is 153 cm³/mol. The third-order valence-electron chi connectivity index (χ3n) is 8.11. The van der Waals surface area contributed by atoms with E-state index in [0.717, 1.165) is 48.0 Å². The lowest BCUT2D eigenvalue weighted by molar-refractivity contribution is -0.157. The van der Waals surface area contributed by atoms with Crippen molar-refractivity contribution in [1.82, 2.24) is 14.5 Å². The second-order valence-electron chi connectivity index (χ2n) is 9.93. The van der Waals surface area contributed by atoms with E-state index in [0.29, 0.717) is 35.6 Å². The van der Waals surface area contributed by atoms with E-state index in [9.17, 15) is 24.2 Å².